The first kappa shape index (κ1) is 19.3. The van der Waals surface area contributed by atoms with Crippen molar-refractivity contribution in [2.45, 2.75) is 12.8 Å². The number of hydrogen-bond donors (Lipinski definition) is 2. The molecule has 2 N–H and O–H groups in total. The topological polar surface area (TPSA) is 66.8 Å². The summed E-state index contributed by atoms with van der Waals surface area (Å²) in [6, 6.07) is 2.59. The summed E-state index contributed by atoms with van der Waals surface area (Å²) in [5.41, 5.74) is -5.01. The van der Waals surface area contributed by atoms with Crippen LogP contribution in [-0.4, -0.2) is 16.2 Å². The lowest BCUT2D eigenvalue weighted by molar-refractivity contribution is -0.143. The average molecular weight is 384 g/mol. The van der Waals surface area contributed by atoms with Crippen molar-refractivity contribution in [1.82, 2.24) is 0 Å². The van der Waals surface area contributed by atoms with Crippen molar-refractivity contribution >= 4 is 5.97 Å². The van der Waals surface area contributed by atoms with E-state index in [0.717, 1.165) is 18.2 Å². The van der Waals surface area contributed by atoms with Crippen LogP contribution in [0.4, 0.5) is 30.7 Å². The molecule has 0 amide bonds. The zero-order valence-electron chi connectivity index (χ0n) is 12.3. The molecule has 0 aliphatic carbocycles. The van der Waals surface area contributed by atoms with Crippen LogP contribution < -0.4 is 0 Å². The number of carbonyl (C=O) groups is 1. The van der Waals surface area contributed by atoms with Gasteiger partial charge in [0, 0.05) is 0 Å². The Bertz CT molecular complexity index is 848. The largest absolute Gasteiger partial charge is 0.508 e. The summed E-state index contributed by atoms with van der Waals surface area (Å²) in [4.78, 5) is 11.7. The number of esters is 1. The Hall–Kier alpha value is -2.98. The quantitative estimate of drug-likeness (QED) is 0.363. The normalized spacial score (nSPS) is 11.5. The van der Waals surface area contributed by atoms with Gasteiger partial charge in [-0.2, -0.15) is 13.2 Å². The highest BCUT2D eigenvalue weighted by molar-refractivity contribution is 5.92. The van der Waals surface area contributed by atoms with Gasteiger partial charge in [-0.05, 0) is 18.2 Å². The number of alkyl halides is 3. The fourth-order valence-electron chi connectivity index (χ4n) is 1.96. The first-order valence-corrected chi connectivity index (χ1v) is 6.56. The fourth-order valence-corrected chi connectivity index (χ4v) is 1.96. The number of carbonyl (C=O) groups excluding carboxylic acids is 1. The van der Waals surface area contributed by atoms with Crippen LogP contribution in [0.3, 0.4) is 0 Å². The number of phenols is 2. The Morgan fingerprint density at radius 1 is 0.962 bits per heavy atom. The van der Waals surface area contributed by atoms with Gasteiger partial charge in [0.05, 0.1) is 5.56 Å². The molecule has 140 valence electrons. The standard InChI is InChI=1S/C15H7F7O4/c16-10-7(11(17)13(19)9(12(10)18)15(20,21)22)4-26-14(25)6-3-5(23)1-2-8(6)24/h1-3,23-24H,4H2. The van der Waals surface area contributed by atoms with E-state index in [9.17, 15) is 45.7 Å². The smallest absolute Gasteiger partial charge is 0.422 e. The van der Waals surface area contributed by atoms with Crippen LogP contribution in [0.1, 0.15) is 21.5 Å². The Kier molecular flexibility index (Phi) is 5.01. The molecule has 0 aromatic heterocycles. The molecule has 0 fully saturated rings. The van der Waals surface area contributed by atoms with Crippen LogP contribution in [0.15, 0.2) is 18.2 Å². The van der Waals surface area contributed by atoms with Crippen molar-refractivity contribution in [1.29, 1.82) is 0 Å². The van der Waals surface area contributed by atoms with Gasteiger partial charge in [-0.25, -0.2) is 22.4 Å². The molecule has 0 saturated heterocycles. The molecular formula is C15H7F7O4. The lowest BCUT2D eigenvalue weighted by Gasteiger charge is -2.14. The molecular weight excluding hydrogens is 377 g/mol. The fraction of sp³-hybridized carbons (Fsp3) is 0.133. The number of hydrogen-bond acceptors (Lipinski definition) is 4. The summed E-state index contributed by atoms with van der Waals surface area (Å²) >= 11 is 0. The zero-order chi connectivity index (χ0) is 19.8. The third-order valence-corrected chi connectivity index (χ3v) is 3.19. The van der Waals surface area contributed by atoms with Crippen molar-refractivity contribution in [3.05, 3.63) is 58.2 Å². The van der Waals surface area contributed by atoms with Gasteiger partial charge in [0.2, 0.25) is 0 Å². The molecule has 2 aromatic rings. The number of rotatable bonds is 3. The summed E-state index contributed by atoms with van der Waals surface area (Å²) in [6.07, 6.45) is -5.70. The maximum Gasteiger partial charge on any atom is 0.422 e. The van der Waals surface area contributed by atoms with Gasteiger partial charge in [0.15, 0.2) is 23.3 Å². The average Bonchev–Trinajstić information content (AvgIpc) is 2.54. The molecule has 2 rings (SSSR count). The number of phenolic OH excluding ortho intramolecular Hbond substituents is 2. The van der Waals surface area contributed by atoms with Crippen molar-refractivity contribution in [3.8, 4) is 11.5 Å². The summed E-state index contributed by atoms with van der Waals surface area (Å²) in [7, 11) is 0. The first-order valence-electron chi connectivity index (χ1n) is 6.56. The number of benzene rings is 2. The minimum absolute atomic E-state index is 0.487. The third-order valence-electron chi connectivity index (χ3n) is 3.19. The van der Waals surface area contributed by atoms with Gasteiger partial charge in [-0.15, -0.1) is 0 Å². The molecule has 0 heterocycles. The highest BCUT2D eigenvalue weighted by Gasteiger charge is 2.42. The van der Waals surface area contributed by atoms with Crippen molar-refractivity contribution in [2.75, 3.05) is 0 Å². The molecule has 0 unspecified atom stereocenters. The monoisotopic (exact) mass is 384 g/mol. The SMILES string of the molecule is O=C(OCc1c(F)c(F)c(C(F)(F)F)c(F)c1F)c1cc(O)ccc1O. The zero-order valence-corrected chi connectivity index (χ0v) is 12.3. The summed E-state index contributed by atoms with van der Waals surface area (Å²) in [5.74, 6) is -12.8. The molecule has 26 heavy (non-hydrogen) atoms. The van der Waals surface area contributed by atoms with Crippen molar-refractivity contribution < 1.29 is 50.5 Å². The molecule has 11 heteroatoms. The number of aromatic hydroxyl groups is 2. The van der Waals surface area contributed by atoms with Crippen molar-refractivity contribution in [2.24, 2.45) is 0 Å². The summed E-state index contributed by atoms with van der Waals surface area (Å²) < 4.78 is 96.0. The first-order chi connectivity index (χ1) is 11.9. The molecule has 4 nitrogen and oxygen atoms in total. The lowest BCUT2D eigenvalue weighted by Crippen LogP contribution is -2.18. The van der Waals surface area contributed by atoms with E-state index < -0.39 is 70.2 Å². The maximum atomic E-state index is 13.7. The van der Waals surface area contributed by atoms with Crippen molar-refractivity contribution in [3.63, 3.8) is 0 Å². The molecule has 0 bridgehead atoms. The molecule has 0 spiro atoms. The summed E-state index contributed by atoms with van der Waals surface area (Å²) in [6.45, 7) is -1.47. The van der Waals surface area contributed by atoms with Crippen LogP contribution in [0, 0.1) is 23.3 Å². The highest BCUT2D eigenvalue weighted by Crippen LogP contribution is 2.37. The van der Waals surface area contributed by atoms with E-state index in [2.05, 4.69) is 4.74 Å². The minimum atomic E-state index is -5.70. The van der Waals surface area contributed by atoms with Gasteiger partial charge in [-0.3, -0.25) is 0 Å². The molecule has 0 aliphatic heterocycles. The van der Waals surface area contributed by atoms with Crippen LogP contribution in [0.2, 0.25) is 0 Å². The van der Waals surface area contributed by atoms with Crippen LogP contribution in [-0.2, 0) is 17.5 Å². The van der Waals surface area contributed by atoms with E-state index in [1.807, 2.05) is 0 Å². The van der Waals surface area contributed by atoms with Crippen LogP contribution >= 0.6 is 0 Å². The Labute approximate surface area is 140 Å². The second kappa shape index (κ2) is 6.73. The van der Waals surface area contributed by atoms with Crippen LogP contribution in [0.5, 0.6) is 11.5 Å². The number of halogens is 7. The van der Waals surface area contributed by atoms with E-state index in [0.29, 0.717) is 0 Å². The number of ether oxygens (including phenoxy) is 1. The predicted octanol–water partition coefficient (Wildman–Crippen LogP) is 4.03. The molecule has 0 radical (unpaired) electrons. The Balaban J connectivity index is 2.36. The summed E-state index contributed by atoms with van der Waals surface area (Å²) in [5, 5.41) is 18.6. The predicted molar refractivity (Wildman–Crippen MR) is 70.2 cm³/mol. The van der Waals surface area contributed by atoms with Gasteiger partial charge in [0.25, 0.3) is 0 Å². The Morgan fingerprint density at radius 3 is 2.00 bits per heavy atom. The minimum Gasteiger partial charge on any atom is -0.508 e. The van der Waals surface area contributed by atoms with Crippen LogP contribution in [0.25, 0.3) is 0 Å². The molecule has 2 aromatic carbocycles. The maximum absolute atomic E-state index is 13.7. The van der Waals surface area contributed by atoms with E-state index in [1.165, 1.54) is 0 Å². The highest BCUT2D eigenvalue weighted by atomic mass is 19.4. The van der Waals surface area contributed by atoms with E-state index in [4.69, 9.17) is 0 Å². The van der Waals surface area contributed by atoms with Gasteiger partial charge < -0.3 is 14.9 Å². The second-order valence-electron chi connectivity index (χ2n) is 4.88. The van der Waals surface area contributed by atoms with E-state index >= 15 is 0 Å². The molecule has 0 atom stereocenters. The lowest BCUT2D eigenvalue weighted by atomic mass is 10.1. The molecule has 0 aliphatic rings. The Morgan fingerprint density at radius 2 is 1.50 bits per heavy atom. The second-order valence-corrected chi connectivity index (χ2v) is 4.88. The van der Waals surface area contributed by atoms with Gasteiger partial charge >= 0.3 is 12.1 Å². The third kappa shape index (κ3) is 3.51. The van der Waals surface area contributed by atoms with E-state index in [1.54, 1.807) is 0 Å². The van der Waals surface area contributed by atoms with E-state index in [-0.39, 0.29) is 0 Å². The van der Waals surface area contributed by atoms with Gasteiger partial charge in [-0.1, -0.05) is 0 Å². The van der Waals surface area contributed by atoms with Gasteiger partial charge in [0.1, 0.15) is 29.2 Å². The molecule has 0 saturated carbocycles.